The number of hydrogen-bond acceptors (Lipinski definition) is 3. The molecule has 0 unspecified atom stereocenters. The van der Waals surface area contributed by atoms with Crippen molar-refractivity contribution in [3.63, 3.8) is 0 Å². The largest absolute Gasteiger partial charge is 0.297 e. The summed E-state index contributed by atoms with van der Waals surface area (Å²) in [6.07, 6.45) is 0. The van der Waals surface area contributed by atoms with Crippen molar-refractivity contribution in [2.75, 3.05) is 0 Å². The molecule has 0 bridgehead atoms. The lowest BCUT2D eigenvalue weighted by atomic mass is 10.00. The highest BCUT2D eigenvalue weighted by atomic mass is 28.3. The van der Waals surface area contributed by atoms with Crippen molar-refractivity contribution >= 4 is 84.0 Å². The number of aromatic nitrogens is 4. The van der Waals surface area contributed by atoms with Crippen molar-refractivity contribution < 1.29 is 0 Å². The van der Waals surface area contributed by atoms with Gasteiger partial charge in [-0.1, -0.05) is 231 Å². The molecule has 0 saturated carbocycles. The lowest BCUT2D eigenvalue weighted by Crippen LogP contribution is -2.74. The van der Waals surface area contributed by atoms with Gasteiger partial charge in [-0.05, 0) is 75.2 Å². The van der Waals surface area contributed by atoms with E-state index in [1.807, 2.05) is 0 Å². The van der Waals surface area contributed by atoms with Crippen LogP contribution in [0.15, 0.2) is 278 Å². The molecule has 0 aliphatic carbocycles. The molecule has 0 spiro atoms. The van der Waals surface area contributed by atoms with Crippen molar-refractivity contribution in [1.82, 2.24) is 19.1 Å². The van der Waals surface area contributed by atoms with E-state index in [1.165, 1.54) is 42.3 Å². The summed E-state index contributed by atoms with van der Waals surface area (Å²) in [7, 11) is -2.85. The minimum absolute atomic E-state index is 0.635. The Morgan fingerprint density at radius 1 is 0.392 bits per heavy atom. The zero-order valence-corrected chi connectivity index (χ0v) is 41.8. The smallest absolute Gasteiger partial charge is 0.179 e. The van der Waals surface area contributed by atoms with Gasteiger partial charge in [0.2, 0.25) is 0 Å². The van der Waals surface area contributed by atoms with Crippen LogP contribution in [0.4, 0.5) is 0 Å². The third kappa shape index (κ3) is 7.59. The highest BCUT2D eigenvalue weighted by Crippen LogP contribution is 2.35. The molecule has 13 aromatic rings. The highest BCUT2D eigenvalue weighted by Gasteiger charge is 2.41. The first kappa shape index (κ1) is 44.4. The molecule has 350 valence electrons. The lowest BCUT2D eigenvalue weighted by Gasteiger charge is -2.34. The predicted octanol–water partition coefficient (Wildman–Crippen LogP) is 14.0. The zero-order chi connectivity index (χ0) is 49.6. The number of nitrogens with zero attached hydrogens (tertiary/aromatic N) is 5. The van der Waals surface area contributed by atoms with Gasteiger partial charge in [-0.3, -0.25) is 9.13 Å². The first-order chi connectivity index (χ1) is 36.5. The van der Waals surface area contributed by atoms with Crippen molar-refractivity contribution in [3.8, 4) is 39.6 Å². The normalized spacial score (nSPS) is 12.0. The van der Waals surface area contributed by atoms with E-state index in [9.17, 15) is 0 Å². The molecule has 3 aromatic heterocycles. The van der Waals surface area contributed by atoms with Crippen LogP contribution in [-0.2, 0) is 0 Å². The van der Waals surface area contributed by atoms with E-state index in [2.05, 4.69) is 290 Å². The quantitative estimate of drug-likeness (QED) is 0.0593. The van der Waals surface area contributed by atoms with Gasteiger partial charge in [0.25, 0.3) is 0 Å². The Labute approximate surface area is 431 Å². The van der Waals surface area contributed by atoms with Crippen molar-refractivity contribution in [1.29, 1.82) is 0 Å². The third-order valence-electron chi connectivity index (χ3n) is 14.6. The summed E-state index contributed by atoms with van der Waals surface area (Å²) < 4.78 is 4.52. The fourth-order valence-electron chi connectivity index (χ4n) is 11.3. The molecule has 0 aliphatic rings. The number of hydrogen-bond donors (Lipinski definition) is 0. The van der Waals surface area contributed by atoms with E-state index in [4.69, 9.17) is 15.0 Å². The van der Waals surface area contributed by atoms with Crippen LogP contribution in [0.1, 0.15) is 12.5 Å². The summed E-state index contributed by atoms with van der Waals surface area (Å²) in [6, 6.07) is 95.8. The maximum Gasteiger partial charge on any atom is 0.179 e. The Bertz CT molecular complexity index is 4080. The van der Waals surface area contributed by atoms with Gasteiger partial charge in [-0.25, -0.2) is 15.0 Å². The minimum Gasteiger partial charge on any atom is -0.297 e. The molecule has 0 fully saturated rings. The molecular weight excluding hydrogens is 915 g/mol. The molecule has 0 amide bonds. The molecule has 13 rings (SSSR count). The Balaban J connectivity index is 0.952. The second kappa shape index (κ2) is 18.6. The summed E-state index contributed by atoms with van der Waals surface area (Å²) >= 11 is 0. The maximum absolute atomic E-state index is 5.52. The molecule has 0 N–H and O–H groups in total. The lowest BCUT2D eigenvalue weighted by molar-refractivity contribution is 1.05. The maximum atomic E-state index is 5.52. The number of para-hydroxylation sites is 4. The summed E-state index contributed by atoms with van der Waals surface area (Å²) in [6.45, 7) is 6.56. The SMILES string of the molecule is C=C(N=C(C)n1c2ccccc2c2ccccc21)c1cccc(-c2cccc(-c3nc(-c4cccc([Si](c5ccccc5)(c5ccccc5)c5ccccc5)c4)cc(-n4c5ccccc5c5ccccc54)n3)c2)c1. The molecule has 10 aromatic carbocycles. The van der Waals surface area contributed by atoms with Gasteiger partial charge in [0.15, 0.2) is 13.9 Å². The summed E-state index contributed by atoms with van der Waals surface area (Å²) in [5.74, 6) is 2.29. The average Bonchev–Trinajstić information content (AvgIpc) is 4.00. The Morgan fingerprint density at radius 3 is 1.39 bits per heavy atom. The minimum atomic E-state index is -2.85. The monoisotopic (exact) mass is 963 g/mol. The molecule has 5 nitrogen and oxygen atoms in total. The van der Waals surface area contributed by atoms with Crippen LogP contribution in [0.3, 0.4) is 0 Å². The van der Waals surface area contributed by atoms with Crippen molar-refractivity contribution in [2.45, 2.75) is 6.92 Å². The molecule has 0 aliphatic heterocycles. The molecule has 6 heteroatoms. The van der Waals surface area contributed by atoms with E-state index in [1.54, 1.807) is 0 Å². The van der Waals surface area contributed by atoms with Gasteiger partial charge in [-0.2, -0.15) is 0 Å². The van der Waals surface area contributed by atoms with E-state index in [0.29, 0.717) is 11.5 Å². The summed E-state index contributed by atoms with van der Waals surface area (Å²) in [5, 5.41) is 9.98. The number of benzene rings is 10. The number of rotatable bonds is 10. The van der Waals surface area contributed by atoms with Gasteiger partial charge in [0, 0.05) is 44.3 Å². The van der Waals surface area contributed by atoms with Crippen LogP contribution in [0, 0.1) is 0 Å². The van der Waals surface area contributed by atoms with Gasteiger partial charge in [0.1, 0.15) is 11.7 Å². The summed E-state index contributed by atoms with van der Waals surface area (Å²) in [4.78, 5) is 16.2. The van der Waals surface area contributed by atoms with E-state index < -0.39 is 8.07 Å². The highest BCUT2D eigenvalue weighted by molar-refractivity contribution is 7.19. The molecule has 74 heavy (non-hydrogen) atoms. The van der Waals surface area contributed by atoms with Gasteiger partial charge in [-0.15, -0.1) is 0 Å². The van der Waals surface area contributed by atoms with Gasteiger partial charge < -0.3 is 0 Å². The van der Waals surface area contributed by atoms with Crippen LogP contribution in [-0.4, -0.2) is 33.0 Å². The van der Waals surface area contributed by atoms with Crippen LogP contribution in [0.5, 0.6) is 0 Å². The Morgan fingerprint density at radius 2 is 0.824 bits per heavy atom. The van der Waals surface area contributed by atoms with E-state index in [-0.39, 0.29) is 0 Å². The standard InChI is InChI=1S/C68H49N5Si/c1-47(69-48(2)72-63-39-16-12-35-58(63)59-36-13-17-40-64(59)72)49-23-20-24-50(43-49)51-25-21-27-53(44-51)68-70-62(46-67(71-68)73-65-41-18-14-37-60(65)61-38-15-19-42-66(61)73)52-26-22-34-57(45-52)74(54-28-6-3-7-29-54,55-30-8-4-9-31-55)56-32-10-5-11-33-56/h3-46H,1H2,2H3. The van der Waals surface area contributed by atoms with Gasteiger partial charge >= 0.3 is 0 Å². The zero-order valence-electron chi connectivity index (χ0n) is 40.8. The van der Waals surface area contributed by atoms with Gasteiger partial charge in [0.05, 0.1) is 33.5 Å². The predicted molar refractivity (Wildman–Crippen MR) is 313 cm³/mol. The number of fused-ring (bicyclic) bond motifs is 6. The molecule has 0 atom stereocenters. The topological polar surface area (TPSA) is 48.0 Å². The van der Waals surface area contributed by atoms with Crippen LogP contribution < -0.4 is 20.7 Å². The van der Waals surface area contributed by atoms with Crippen LogP contribution >= 0.6 is 0 Å². The first-order valence-electron chi connectivity index (χ1n) is 25.1. The molecule has 3 heterocycles. The van der Waals surface area contributed by atoms with Crippen molar-refractivity contribution in [2.24, 2.45) is 4.99 Å². The third-order valence-corrected chi connectivity index (χ3v) is 19.4. The van der Waals surface area contributed by atoms with E-state index >= 15 is 0 Å². The second-order valence-electron chi connectivity index (χ2n) is 18.9. The first-order valence-corrected chi connectivity index (χ1v) is 27.1. The summed E-state index contributed by atoms with van der Waals surface area (Å²) in [5.41, 5.74) is 10.9. The Hall–Kier alpha value is -9.49. The van der Waals surface area contributed by atoms with Crippen LogP contribution in [0.25, 0.3) is 88.9 Å². The Kier molecular flexibility index (Phi) is 11.2. The molecule has 0 saturated heterocycles. The fraction of sp³-hybridized carbons (Fsp3) is 0.0147. The van der Waals surface area contributed by atoms with Crippen molar-refractivity contribution in [3.05, 3.63) is 279 Å². The fourth-order valence-corrected chi connectivity index (χ4v) is 16.1. The van der Waals surface area contributed by atoms with Crippen LogP contribution in [0.2, 0.25) is 0 Å². The second-order valence-corrected chi connectivity index (χ2v) is 22.7. The molecular formula is C68H49N5Si. The van der Waals surface area contributed by atoms with E-state index in [0.717, 1.165) is 67.2 Å². The molecule has 0 radical (unpaired) electrons. The average molecular weight is 964 g/mol. The number of aliphatic imine (C=N–C) groups is 1.